The van der Waals surface area contributed by atoms with E-state index in [0.717, 1.165) is 11.0 Å². The first-order valence-electron chi connectivity index (χ1n) is 7.66. The summed E-state index contributed by atoms with van der Waals surface area (Å²) in [5.74, 6) is 0.430. The first-order chi connectivity index (χ1) is 12.3. The number of aromatic amines is 1. The Bertz CT molecular complexity index is 1130. The molecule has 4 N–H and O–H groups in total. The number of benzene rings is 2. The van der Waals surface area contributed by atoms with Crippen molar-refractivity contribution in [2.75, 3.05) is 11.4 Å². The monoisotopic (exact) mass is 370 g/mol. The molecular formula is C17H14N4O4S. The van der Waals surface area contributed by atoms with E-state index in [-0.39, 0.29) is 23.0 Å². The van der Waals surface area contributed by atoms with Crippen molar-refractivity contribution in [1.29, 1.82) is 5.41 Å². The Hall–Kier alpha value is -3.17. The molecule has 1 aromatic heterocycles. The molecule has 0 unspecified atom stereocenters. The van der Waals surface area contributed by atoms with Gasteiger partial charge in [-0.05, 0) is 36.4 Å². The van der Waals surface area contributed by atoms with Crippen molar-refractivity contribution in [2.45, 2.75) is 4.90 Å². The van der Waals surface area contributed by atoms with Crippen LogP contribution in [0, 0.1) is 5.41 Å². The van der Waals surface area contributed by atoms with Gasteiger partial charge in [-0.2, -0.15) is 8.42 Å². The Morgan fingerprint density at radius 1 is 1.12 bits per heavy atom. The fraction of sp³-hybridized carbons (Fsp3) is 0.0588. The van der Waals surface area contributed by atoms with E-state index in [1.165, 1.54) is 29.2 Å². The molecule has 9 heteroatoms. The molecule has 0 aliphatic carbocycles. The van der Waals surface area contributed by atoms with Gasteiger partial charge in [0.1, 0.15) is 17.4 Å². The van der Waals surface area contributed by atoms with Gasteiger partial charge >= 0.3 is 0 Å². The smallest absolute Gasteiger partial charge is 0.294 e. The molecule has 1 aliphatic heterocycles. The quantitative estimate of drug-likeness (QED) is 0.524. The lowest BCUT2D eigenvalue weighted by molar-refractivity contribution is 0.411. The van der Waals surface area contributed by atoms with Crippen molar-refractivity contribution in [1.82, 2.24) is 9.97 Å². The highest BCUT2D eigenvalue weighted by molar-refractivity contribution is 7.85. The van der Waals surface area contributed by atoms with Crippen molar-refractivity contribution in [2.24, 2.45) is 0 Å². The number of nitrogens with zero attached hydrogens (tertiary/aromatic N) is 2. The zero-order valence-corrected chi connectivity index (χ0v) is 14.2. The Morgan fingerprint density at radius 3 is 2.46 bits per heavy atom. The van der Waals surface area contributed by atoms with Crippen molar-refractivity contribution in [3.8, 4) is 0 Å². The van der Waals surface area contributed by atoms with Gasteiger partial charge in [0.15, 0.2) is 0 Å². The third-order valence-electron chi connectivity index (χ3n) is 4.18. The van der Waals surface area contributed by atoms with Crippen LogP contribution < -0.4 is 4.90 Å². The second kappa shape index (κ2) is 5.68. The van der Waals surface area contributed by atoms with Crippen molar-refractivity contribution in [3.05, 3.63) is 60.1 Å². The number of amidine groups is 1. The predicted octanol–water partition coefficient (Wildman–Crippen LogP) is 2.58. The summed E-state index contributed by atoms with van der Waals surface area (Å²) in [5.41, 5.74) is 2.33. The highest BCUT2D eigenvalue weighted by Gasteiger charge is 2.31. The first-order valence-corrected chi connectivity index (χ1v) is 9.10. The Balaban J connectivity index is 1.68. The van der Waals surface area contributed by atoms with Gasteiger partial charge in [-0.3, -0.25) is 9.96 Å². The number of H-pyrrole nitrogens is 1. The van der Waals surface area contributed by atoms with Gasteiger partial charge in [-0.1, -0.05) is 12.1 Å². The lowest BCUT2D eigenvalue weighted by Gasteiger charge is -2.18. The zero-order chi connectivity index (χ0) is 18.5. The molecule has 3 aromatic rings. The lowest BCUT2D eigenvalue weighted by Crippen LogP contribution is -2.26. The molecule has 0 saturated carbocycles. The molecule has 0 bridgehead atoms. The summed E-state index contributed by atoms with van der Waals surface area (Å²) in [6.45, 7) is 0.0659. The van der Waals surface area contributed by atoms with E-state index in [1.807, 2.05) is 24.3 Å². The van der Waals surface area contributed by atoms with E-state index in [9.17, 15) is 13.5 Å². The molecule has 0 fully saturated rings. The molecule has 0 radical (unpaired) electrons. The van der Waals surface area contributed by atoms with Crippen LogP contribution in [0.4, 0.5) is 5.69 Å². The van der Waals surface area contributed by atoms with E-state index < -0.39 is 10.1 Å². The number of rotatable bonds is 3. The maximum atomic E-state index is 11.1. The number of aliphatic hydroxyl groups excluding tert-OH is 1. The second-order valence-corrected chi connectivity index (χ2v) is 7.25. The second-order valence-electron chi connectivity index (χ2n) is 5.83. The van der Waals surface area contributed by atoms with E-state index in [2.05, 4.69) is 9.97 Å². The SMILES string of the molecule is N=C1C(c2nc3ccccc3[nH]2)=C(O)CN1c1ccc(S(=O)(=O)O)cc1. The van der Waals surface area contributed by atoms with E-state index >= 15 is 0 Å². The van der Waals surface area contributed by atoms with Crippen LogP contribution in [0.5, 0.6) is 0 Å². The fourth-order valence-corrected chi connectivity index (χ4v) is 3.40. The zero-order valence-electron chi connectivity index (χ0n) is 13.3. The average Bonchev–Trinajstić information content (AvgIpc) is 3.14. The number of aliphatic hydroxyl groups is 1. The molecule has 0 atom stereocenters. The number of anilines is 1. The summed E-state index contributed by atoms with van der Waals surface area (Å²) in [4.78, 5) is 8.79. The molecule has 2 heterocycles. The molecule has 0 spiro atoms. The molecule has 132 valence electrons. The molecule has 0 saturated heterocycles. The van der Waals surface area contributed by atoms with Gasteiger partial charge in [-0.15, -0.1) is 0 Å². The van der Waals surface area contributed by atoms with Gasteiger partial charge in [0, 0.05) is 5.69 Å². The van der Waals surface area contributed by atoms with Gasteiger partial charge in [0.05, 0.1) is 28.0 Å². The van der Waals surface area contributed by atoms with Crippen LogP contribution in [-0.4, -0.2) is 40.4 Å². The van der Waals surface area contributed by atoms with E-state index in [4.69, 9.17) is 9.96 Å². The Labute approximate surface area is 148 Å². The molecule has 2 aromatic carbocycles. The number of nitrogens with one attached hydrogen (secondary N) is 2. The summed E-state index contributed by atoms with van der Waals surface area (Å²) >= 11 is 0. The van der Waals surface area contributed by atoms with Crippen molar-refractivity contribution in [3.63, 3.8) is 0 Å². The average molecular weight is 370 g/mol. The molecule has 26 heavy (non-hydrogen) atoms. The van der Waals surface area contributed by atoms with E-state index in [0.29, 0.717) is 17.1 Å². The summed E-state index contributed by atoms with van der Waals surface area (Å²) in [6.07, 6.45) is 0. The maximum absolute atomic E-state index is 11.1. The third-order valence-corrected chi connectivity index (χ3v) is 5.04. The summed E-state index contributed by atoms with van der Waals surface area (Å²) in [6, 6.07) is 12.8. The fourth-order valence-electron chi connectivity index (χ4n) is 2.92. The number of aromatic nitrogens is 2. The van der Waals surface area contributed by atoms with E-state index in [1.54, 1.807) is 0 Å². The summed E-state index contributed by atoms with van der Waals surface area (Å²) in [7, 11) is -4.28. The molecule has 4 rings (SSSR count). The number of hydrogen-bond donors (Lipinski definition) is 4. The molecule has 1 aliphatic rings. The molecular weight excluding hydrogens is 356 g/mol. The normalized spacial score (nSPS) is 15.3. The van der Waals surface area contributed by atoms with Gasteiger partial charge in [0.2, 0.25) is 0 Å². The minimum absolute atomic E-state index is 0.00656. The van der Waals surface area contributed by atoms with Crippen LogP contribution >= 0.6 is 0 Å². The standard InChI is InChI=1S/C17H14N4O4S/c18-16-15(17-19-12-3-1-2-4-13(12)20-17)14(22)9-21(16)10-5-7-11(8-6-10)26(23,24)25/h1-8,18,22H,9H2,(H,19,20)(H,23,24,25). The number of hydrogen-bond acceptors (Lipinski definition) is 5. The third kappa shape index (κ3) is 2.63. The van der Waals surface area contributed by atoms with Crippen LogP contribution in [0.3, 0.4) is 0 Å². The van der Waals surface area contributed by atoms with Crippen molar-refractivity contribution < 1.29 is 18.1 Å². The predicted molar refractivity (Wildman–Crippen MR) is 97.0 cm³/mol. The molecule has 0 amide bonds. The van der Waals surface area contributed by atoms with Gasteiger partial charge < -0.3 is 15.0 Å². The highest BCUT2D eigenvalue weighted by atomic mass is 32.2. The van der Waals surface area contributed by atoms with Crippen LogP contribution in [0.25, 0.3) is 16.6 Å². The minimum Gasteiger partial charge on any atom is -0.509 e. The van der Waals surface area contributed by atoms with Gasteiger partial charge in [-0.25, -0.2) is 4.98 Å². The Morgan fingerprint density at radius 2 is 1.81 bits per heavy atom. The number of fused-ring (bicyclic) bond motifs is 1. The summed E-state index contributed by atoms with van der Waals surface area (Å²) in [5, 5.41) is 18.8. The van der Waals surface area contributed by atoms with Crippen LogP contribution in [0.15, 0.2) is 59.2 Å². The van der Waals surface area contributed by atoms with Crippen LogP contribution in [0.2, 0.25) is 0 Å². The largest absolute Gasteiger partial charge is 0.509 e. The van der Waals surface area contributed by atoms with Crippen molar-refractivity contribution >= 4 is 38.2 Å². The van der Waals surface area contributed by atoms with Crippen LogP contribution in [-0.2, 0) is 10.1 Å². The maximum Gasteiger partial charge on any atom is 0.294 e. The first kappa shape index (κ1) is 16.3. The lowest BCUT2D eigenvalue weighted by atomic mass is 10.2. The summed E-state index contributed by atoms with van der Waals surface area (Å²) < 4.78 is 31.3. The number of imidazole rings is 1. The van der Waals surface area contributed by atoms with Gasteiger partial charge in [0.25, 0.3) is 10.1 Å². The molecule has 8 nitrogen and oxygen atoms in total. The topological polar surface area (TPSA) is 130 Å². The minimum atomic E-state index is -4.28. The van der Waals surface area contributed by atoms with Crippen LogP contribution in [0.1, 0.15) is 5.82 Å². The highest BCUT2D eigenvalue weighted by Crippen LogP contribution is 2.31. The number of para-hydroxylation sites is 2. The Kier molecular flexibility index (Phi) is 3.56.